The predicted molar refractivity (Wildman–Crippen MR) is 183 cm³/mol. The van der Waals surface area contributed by atoms with Crippen molar-refractivity contribution in [3.63, 3.8) is 0 Å². The molecule has 0 fully saturated rings. The number of methoxy groups -OCH3 is 4. The van der Waals surface area contributed by atoms with Gasteiger partial charge in [-0.3, -0.25) is 9.59 Å². The fraction of sp³-hybridized carbons (Fsp3) is 0.308. The number of ketones is 1. The van der Waals surface area contributed by atoms with Gasteiger partial charge in [-0.15, -0.1) is 0 Å². The van der Waals surface area contributed by atoms with E-state index in [1.165, 1.54) is 11.1 Å². The van der Waals surface area contributed by atoms with Gasteiger partial charge in [0.1, 0.15) is 11.5 Å². The van der Waals surface area contributed by atoms with E-state index in [1.807, 2.05) is 52.8 Å². The van der Waals surface area contributed by atoms with Crippen molar-refractivity contribution >= 4 is 28.4 Å². The van der Waals surface area contributed by atoms with Crippen molar-refractivity contribution in [2.75, 3.05) is 39.9 Å². The van der Waals surface area contributed by atoms with E-state index < -0.39 is 0 Å². The number of carbonyl (C=O) groups excluding carboxylic acids is 2. The topological polar surface area (TPSA) is 83.1 Å². The zero-order chi connectivity index (χ0) is 33.5. The first-order chi connectivity index (χ1) is 23.4. The molecule has 2 heterocycles. The summed E-state index contributed by atoms with van der Waals surface area (Å²) in [6.07, 6.45) is 1.12. The lowest BCUT2D eigenvalue weighted by Gasteiger charge is -2.38. The van der Waals surface area contributed by atoms with Crippen LogP contribution in [0.3, 0.4) is 0 Å². The van der Waals surface area contributed by atoms with Gasteiger partial charge in [0, 0.05) is 24.9 Å². The quantitative estimate of drug-likeness (QED) is 0.163. The van der Waals surface area contributed by atoms with Crippen LogP contribution in [0.15, 0.2) is 78.9 Å². The number of imidazole rings is 1. The number of aryl methyl sites for hydroxylation is 1. The van der Waals surface area contributed by atoms with E-state index in [4.69, 9.17) is 18.9 Å². The van der Waals surface area contributed by atoms with Crippen LogP contribution in [0.25, 0.3) is 11.0 Å². The highest BCUT2D eigenvalue weighted by molar-refractivity contribution is 5.97. The van der Waals surface area contributed by atoms with E-state index in [0.29, 0.717) is 41.7 Å². The van der Waals surface area contributed by atoms with Gasteiger partial charge in [-0.05, 0) is 83.6 Å². The molecule has 0 saturated heterocycles. The predicted octanol–water partition coefficient (Wildman–Crippen LogP) is 2.90. The molecule has 0 spiro atoms. The third kappa shape index (κ3) is 5.92. The van der Waals surface area contributed by atoms with Gasteiger partial charge in [0.15, 0.2) is 29.1 Å². The number of Topliss-reactive ketones (excluding diaryl/α,β-unsaturated/α-hetero) is 1. The lowest BCUT2D eigenvalue weighted by Crippen LogP contribution is -3.00. The first kappa shape index (κ1) is 34.0. The lowest BCUT2D eigenvalue weighted by atomic mass is 9.81. The Labute approximate surface area is 296 Å². The minimum atomic E-state index is 0. The Morgan fingerprint density at radius 3 is 2.24 bits per heavy atom. The van der Waals surface area contributed by atoms with Gasteiger partial charge < -0.3 is 40.8 Å². The number of hydrogen-bond acceptors (Lipinski definition) is 6. The molecule has 49 heavy (non-hydrogen) atoms. The van der Waals surface area contributed by atoms with E-state index in [9.17, 15) is 9.59 Å². The molecule has 1 aromatic heterocycles. The number of amides is 1. The molecule has 10 heteroatoms. The zero-order valence-corrected chi connectivity index (χ0v) is 30.0. The highest BCUT2D eigenvalue weighted by Gasteiger charge is 2.43. The molecule has 7 rings (SSSR count). The molecule has 1 amide bonds. The van der Waals surface area contributed by atoms with Crippen LogP contribution in [0.2, 0.25) is 0 Å². The van der Waals surface area contributed by atoms with Crippen LogP contribution in [0, 0.1) is 12.8 Å². The molecular formula is C39H40BrN3O6. The van der Waals surface area contributed by atoms with Crippen LogP contribution in [0.5, 0.6) is 23.0 Å². The minimum absolute atomic E-state index is 0. The Hall–Kier alpha value is -4.83. The summed E-state index contributed by atoms with van der Waals surface area (Å²) in [4.78, 5) is 29.6. The highest BCUT2D eigenvalue weighted by atomic mass is 79.9. The van der Waals surface area contributed by atoms with Gasteiger partial charge in [-0.1, -0.05) is 24.3 Å². The first-order valence-corrected chi connectivity index (χ1v) is 16.2. The zero-order valence-electron chi connectivity index (χ0n) is 28.4. The molecule has 1 aliphatic carbocycles. The lowest BCUT2D eigenvalue weighted by molar-refractivity contribution is -0.664. The number of rotatable bonds is 10. The Morgan fingerprint density at radius 1 is 0.816 bits per heavy atom. The van der Waals surface area contributed by atoms with E-state index in [-0.39, 0.29) is 53.5 Å². The molecule has 5 aromatic rings. The van der Waals surface area contributed by atoms with Gasteiger partial charge >= 0.3 is 0 Å². The monoisotopic (exact) mass is 725 g/mol. The average Bonchev–Trinajstić information content (AvgIpc) is 3.62. The summed E-state index contributed by atoms with van der Waals surface area (Å²) >= 11 is 0. The van der Waals surface area contributed by atoms with Crippen molar-refractivity contribution in [3.05, 3.63) is 107 Å². The second-order valence-electron chi connectivity index (χ2n) is 12.4. The normalized spacial score (nSPS) is 15.9. The Kier molecular flexibility index (Phi) is 9.70. The maximum absolute atomic E-state index is 14.3. The molecule has 0 saturated carbocycles. The SMILES string of the molecule is COc1ccc(C(=O)C[n+]2c(C)n(CCC(=O)N3C[C@@H]4Cc5cc(OC)c(OC)cc5[C@@H]4c4cccc(OC)c43)c3ccccc32)cc1.[Br-]. The van der Waals surface area contributed by atoms with Crippen molar-refractivity contribution < 1.29 is 50.1 Å². The second-order valence-corrected chi connectivity index (χ2v) is 12.4. The second kappa shape index (κ2) is 14.0. The number of anilines is 1. The van der Waals surface area contributed by atoms with Gasteiger partial charge in [0.25, 0.3) is 5.82 Å². The summed E-state index contributed by atoms with van der Waals surface area (Å²) in [5.41, 5.74) is 6.90. The minimum Gasteiger partial charge on any atom is -1.00 e. The van der Waals surface area contributed by atoms with Crippen LogP contribution in [-0.4, -0.2) is 51.2 Å². The molecule has 2 atom stereocenters. The number of benzene rings is 4. The molecule has 1 aliphatic heterocycles. The Balaban J connectivity index is 0.00000417. The molecule has 0 N–H and O–H groups in total. The van der Waals surface area contributed by atoms with E-state index in [2.05, 4.69) is 22.8 Å². The molecular weight excluding hydrogens is 686 g/mol. The van der Waals surface area contributed by atoms with Gasteiger partial charge in [0.05, 0.1) is 47.1 Å². The molecule has 0 bridgehead atoms. The smallest absolute Gasteiger partial charge is 0.254 e. The van der Waals surface area contributed by atoms with Crippen molar-refractivity contribution in [2.45, 2.75) is 38.8 Å². The van der Waals surface area contributed by atoms with Gasteiger partial charge in [0.2, 0.25) is 11.7 Å². The largest absolute Gasteiger partial charge is 1.00 e. The molecule has 2 aliphatic rings. The summed E-state index contributed by atoms with van der Waals surface area (Å²) in [6, 6.07) is 25.4. The number of aromatic nitrogens is 2. The number of carbonyl (C=O) groups is 2. The van der Waals surface area contributed by atoms with Crippen molar-refractivity contribution in [1.29, 1.82) is 0 Å². The number of nitrogens with zero attached hydrogens (tertiary/aromatic N) is 3. The Morgan fingerprint density at radius 2 is 1.53 bits per heavy atom. The molecule has 0 unspecified atom stereocenters. The number of hydrogen-bond donors (Lipinski definition) is 0. The molecule has 254 valence electrons. The maximum atomic E-state index is 14.3. The molecule has 4 aromatic carbocycles. The van der Waals surface area contributed by atoms with Crippen LogP contribution < -0.4 is 45.4 Å². The van der Waals surface area contributed by atoms with Gasteiger partial charge in [-0.2, -0.15) is 0 Å². The highest BCUT2D eigenvalue weighted by Crippen LogP contribution is 2.53. The van der Waals surface area contributed by atoms with E-state index in [1.54, 1.807) is 52.7 Å². The Bertz CT molecular complexity index is 2040. The van der Waals surface area contributed by atoms with Crippen LogP contribution >= 0.6 is 0 Å². The number of fused-ring (bicyclic) bond motifs is 6. The molecule has 0 radical (unpaired) electrons. The first-order valence-electron chi connectivity index (χ1n) is 16.2. The summed E-state index contributed by atoms with van der Waals surface area (Å²) in [5.74, 6) is 4.09. The van der Waals surface area contributed by atoms with Crippen molar-refractivity contribution in [2.24, 2.45) is 5.92 Å². The number of para-hydroxylation sites is 3. The number of ether oxygens (including phenoxy) is 4. The van der Waals surface area contributed by atoms with Crippen molar-refractivity contribution in [3.8, 4) is 23.0 Å². The molecule has 9 nitrogen and oxygen atoms in total. The van der Waals surface area contributed by atoms with Crippen LogP contribution in [-0.2, 0) is 24.3 Å². The maximum Gasteiger partial charge on any atom is 0.254 e. The third-order valence-electron chi connectivity index (χ3n) is 10.0. The van der Waals surface area contributed by atoms with E-state index in [0.717, 1.165) is 34.5 Å². The van der Waals surface area contributed by atoms with Crippen molar-refractivity contribution in [1.82, 2.24) is 4.57 Å². The fourth-order valence-electron chi connectivity index (χ4n) is 7.70. The van der Waals surface area contributed by atoms with Crippen LogP contribution in [0.4, 0.5) is 5.69 Å². The average molecular weight is 727 g/mol. The van der Waals surface area contributed by atoms with E-state index >= 15 is 0 Å². The summed E-state index contributed by atoms with van der Waals surface area (Å²) < 4.78 is 26.6. The van der Waals surface area contributed by atoms with Crippen LogP contribution in [0.1, 0.15) is 45.2 Å². The fourth-order valence-corrected chi connectivity index (χ4v) is 7.70. The standard InChI is InChI=1S/C39H40N3O6.BrH/c1-24-40(31-10-6-7-11-32(31)41(24)23-33(43)25-13-15-28(45-2)16-14-25)18-17-37(44)42-22-27-19-26-20-35(47-4)36(48-5)21-30(26)38(27)29-9-8-12-34(46-3)39(29)42;/h6-16,20-21,27,38H,17-19,22-23H2,1-5H3;1H/q+1;/p-1/t27-,38-;/m0./s1. The van der Waals surface area contributed by atoms with Gasteiger partial charge in [-0.25, -0.2) is 9.13 Å². The summed E-state index contributed by atoms with van der Waals surface area (Å²) in [5, 5.41) is 0. The number of halogens is 1. The third-order valence-corrected chi connectivity index (χ3v) is 10.0. The summed E-state index contributed by atoms with van der Waals surface area (Å²) in [6.45, 7) is 3.25. The summed E-state index contributed by atoms with van der Waals surface area (Å²) in [7, 11) is 6.58.